The van der Waals surface area contributed by atoms with Gasteiger partial charge in [-0.05, 0) is 30.5 Å². The molecule has 1 aromatic rings. The van der Waals surface area contributed by atoms with Gasteiger partial charge in [0.2, 0.25) is 0 Å². The summed E-state index contributed by atoms with van der Waals surface area (Å²) in [6.07, 6.45) is -2.60. The predicted octanol–water partition coefficient (Wildman–Crippen LogP) is 2.79. The first kappa shape index (κ1) is 13.4. The maximum absolute atomic E-state index is 12.4. The van der Waals surface area contributed by atoms with Gasteiger partial charge < -0.3 is 9.84 Å². The summed E-state index contributed by atoms with van der Waals surface area (Å²) >= 11 is 0. The Labute approximate surface area is 103 Å². The van der Waals surface area contributed by atoms with Crippen molar-refractivity contribution < 1.29 is 23.0 Å². The summed E-state index contributed by atoms with van der Waals surface area (Å²) in [7, 11) is 0. The van der Waals surface area contributed by atoms with Crippen molar-refractivity contribution in [2.45, 2.75) is 31.0 Å². The minimum atomic E-state index is -4.32. The smallest absolute Gasteiger partial charge is 0.387 e. The second kappa shape index (κ2) is 4.90. The van der Waals surface area contributed by atoms with E-state index in [0.717, 1.165) is 18.6 Å². The zero-order chi connectivity index (χ0) is 13.2. The van der Waals surface area contributed by atoms with Crippen molar-refractivity contribution in [3.63, 3.8) is 0 Å². The SMILES string of the molecule is OC1(Cc2ccc(C(F)(F)F)cc2)CCCOC1. The third-order valence-corrected chi connectivity index (χ3v) is 3.12. The van der Waals surface area contributed by atoms with E-state index in [1.54, 1.807) is 0 Å². The molecule has 0 aliphatic carbocycles. The highest BCUT2D eigenvalue weighted by atomic mass is 19.4. The number of alkyl halides is 3. The van der Waals surface area contributed by atoms with Crippen LogP contribution in [0.1, 0.15) is 24.0 Å². The van der Waals surface area contributed by atoms with Gasteiger partial charge in [-0.2, -0.15) is 13.2 Å². The van der Waals surface area contributed by atoms with Crippen LogP contribution < -0.4 is 0 Å². The molecule has 0 radical (unpaired) electrons. The largest absolute Gasteiger partial charge is 0.416 e. The Morgan fingerprint density at radius 2 is 1.89 bits per heavy atom. The fourth-order valence-corrected chi connectivity index (χ4v) is 2.17. The molecule has 2 rings (SSSR count). The first-order valence-corrected chi connectivity index (χ1v) is 5.85. The molecular formula is C13H15F3O2. The summed E-state index contributed by atoms with van der Waals surface area (Å²) in [6, 6.07) is 4.91. The number of rotatable bonds is 2. The Bertz CT molecular complexity index is 392. The fraction of sp³-hybridized carbons (Fsp3) is 0.538. The van der Waals surface area contributed by atoms with E-state index in [9.17, 15) is 18.3 Å². The van der Waals surface area contributed by atoms with Crippen LogP contribution in [0.2, 0.25) is 0 Å². The molecule has 0 saturated carbocycles. The minimum absolute atomic E-state index is 0.244. The van der Waals surface area contributed by atoms with E-state index in [1.165, 1.54) is 12.1 Å². The van der Waals surface area contributed by atoms with Crippen molar-refractivity contribution in [1.29, 1.82) is 0 Å². The van der Waals surface area contributed by atoms with Crippen molar-refractivity contribution in [3.8, 4) is 0 Å². The molecule has 2 nitrogen and oxygen atoms in total. The van der Waals surface area contributed by atoms with E-state index >= 15 is 0 Å². The summed E-state index contributed by atoms with van der Waals surface area (Å²) in [4.78, 5) is 0. The number of hydrogen-bond donors (Lipinski definition) is 1. The van der Waals surface area contributed by atoms with Crippen LogP contribution in [0.3, 0.4) is 0 Å². The van der Waals surface area contributed by atoms with Gasteiger partial charge in [-0.25, -0.2) is 0 Å². The number of halogens is 3. The predicted molar refractivity (Wildman–Crippen MR) is 60.2 cm³/mol. The van der Waals surface area contributed by atoms with Gasteiger partial charge in [0, 0.05) is 13.0 Å². The Morgan fingerprint density at radius 3 is 2.39 bits per heavy atom. The van der Waals surface area contributed by atoms with Crippen LogP contribution in [0.15, 0.2) is 24.3 Å². The van der Waals surface area contributed by atoms with Gasteiger partial charge in [0.05, 0.1) is 17.8 Å². The molecule has 1 N–H and O–H groups in total. The third kappa shape index (κ3) is 3.23. The van der Waals surface area contributed by atoms with Crippen molar-refractivity contribution in [2.24, 2.45) is 0 Å². The lowest BCUT2D eigenvalue weighted by Gasteiger charge is -2.32. The molecule has 0 bridgehead atoms. The van der Waals surface area contributed by atoms with Crippen LogP contribution in [-0.2, 0) is 17.3 Å². The maximum Gasteiger partial charge on any atom is 0.416 e. The normalized spacial score (nSPS) is 25.1. The van der Waals surface area contributed by atoms with Gasteiger partial charge in [-0.15, -0.1) is 0 Å². The van der Waals surface area contributed by atoms with Crippen LogP contribution >= 0.6 is 0 Å². The van der Waals surface area contributed by atoms with Gasteiger partial charge in [0.1, 0.15) is 0 Å². The zero-order valence-corrected chi connectivity index (χ0v) is 9.83. The molecule has 1 heterocycles. The van der Waals surface area contributed by atoms with Crippen molar-refractivity contribution in [2.75, 3.05) is 13.2 Å². The fourth-order valence-electron chi connectivity index (χ4n) is 2.17. The average Bonchev–Trinajstić information content (AvgIpc) is 2.29. The van der Waals surface area contributed by atoms with E-state index in [1.807, 2.05) is 0 Å². The Balaban J connectivity index is 2.06. The second-order valence-electron chi connectivity index (χ2n) is 4.75. The summed E-state index contributed by atoms with van der Waals surface area (Å²) < 4.78 is 42.4. The number of benzene rings is 1. The van der Waals surface area contributed by atoms with E-state index in [0.29, 0.717) is 25.0 Å². The molecular weight excluding hydrogens is 245 g/mol. The van der Waals surface area contributed by atoms with Gasteiger partial charge in [0.15, 0.2) is 0 Å². The summed E-state index contributed by atoms with van der Waals surface area (Å²) in [5.41, 5.74) is -0.924. The van der Waals surface area contributed by atoms with Crippen LogP contribution in [0.25, 0.3) is 0 Å². The summed E-state index contributed by atoms with van der Waals surface area (Å²) in [5, 5.41) is 10.2. The minimum Gasteiger partial charge on any atom is -0.387 e. The first-order valence-electron chi connectivity index (χ1n) is 5.85. The van der Waals surface area contributed by atoms with Crippen LogP contribution in [0.5, 0.6) is 0 Å². The number of ether oxygens (including phenoxy) is 1. The standard InChI is InChI=1S/C13H15F3O2/c14-13(15,16)11-4-2-10(3-5-11)8-12(17)6-1-7-18-9-12/h2-5,17H,1,6-9H2. The number of hydrogen-bond acceptors (Lipinski definition) is 2. The monoisotopic (exact) mass is 260 g/mol. The van der Waals surface area contributed by atoms with E-state index < -0.39 is 17.3 Å². The first-order chi connectivity index (χ1) is 8.39. The molecule has 1 fully saturated rings. The molecule has 1 aromatic carbocycles. The molecule has 100 valence electrons. The molecule has 0 amide bonds. The molecule has 0 aromatic heterocycles. The van der Waals surface area contributed by atoms with E-state index in [-0.39, 0.29) is 6.61 Å². The van der Waals surface area contributed by atoms with Crippen molar-refractivity contribution in [3.05, 3.63) is 35.4 Å². The molecule has 18 heavy (non-hydrogen) atoms. The highest BCUT2D eigenvalue weighted by Crippen LogP contribution is 2.30. The van der Waals surface area contributed by atoms with Crippen LogP contribution in [0, 0.1) is 0 Å². The average molecular weight is 260 g/mol. The Kier molecular flexibility index (Phi) is 3.64. The molecule has 1 aliphatic rings. The quantitative estimate of drug-likeness (QED) is 0.886. The van der Waals surface area contributed by atoms with Gasteiger partial charge >= 0.3 is 6.18 Å². The highest BCUT2D eigenvalue weighted by molar-refractivity contribution is 5.25. The van der Waals surface area contributed by atoms with Crippen LogP contribution in [0.4, 0.5) is 13.2 Å². The van der Waals surface area contributed by atoms with Crippen LogP contribution in [-0.4, -0.2) is 23.9 Å². The molecule has 1 saturated heterocycles. The second-order valence-corrected chi connectivity index (χ2v) is 4.75. The number of aliphatic hydroxyl groups is 1. The summed E-state index contributed by atoms with van der Waals surface area (Å²) in [6.45, 7) is 0.878. The van der Waals surface area contributed by atoms with E-state index in [2.05, 4.69) is 0 Å². The zero-order valence-electron chi connectivity index (χ0n) is 9.83. The molecule has 0 spiro atoms. The Hall–Kier alpha value is -1.07. The topological polar surface area (TPSA) is 29.5 Å². The lowest BCUT2D eigenvalue weighted by Crippen LogP contribution is -2.40. The molecule has 1 aliphatic heterocycles. The molecule has 1 unspecified atom stereocenters. The van der Waals surface area contributed by atoms with Crippen molar-refractivity contribution >= 4 is 0 Å². The van der Waals surface area contributed by atoms with Gasteiger partial charge in [0.25, 0.3) is 0 Å². The maximum atomic E-state index is 12.4. The lowest BCUT2D eigenvalue weighted by atomic mass is 9.89. The Morgan fingerprint density at radius 1 is 1.22 bits per heavy atom. The molecule has 5 heteroatoms. The lowest BCUT2D eigenvalue weighted by molar-refractivity contribution is -0.137. The highest BCUT2D eigenvalue weighted by Gasteiger charge is 2.32. The molecule has 1 atom stereocenters. The van der Waals surface area contributed by atoms with Gasteiger partial charge in [-0.3, -0.25) is 0 Å². The summed E-state index contributed by atoms with van der Waals surface area (Å²) in [5.74, 6) is 0. The van der Waals surface area contributed by atoms with E-state index in [4.69, 9.17) is 4.74 Å². The van der Waals surface area contributed by atoms with Gasteiger partial charge in [-0.1, -0.05) is 12.1 Å². The van der Waals surface area contributed by atoms with Crippen molar-refractivity contribution in [1.82, 2.24) is 0 Å². The third-order valence-electron chi connectivity index (χ3n) is 3.12.